The summed E-state index contributed by atoms with van der Waals surface area (Å²) in [5.41, 5.74) is 5.46. The highest BCUT2D eigenvalue weighted by Crippen LogP contribution is 2.28. The number of carbonyl (C=O) groups excluding carboxylic acids is 2. The number of amides is 1. The molecule has 0 bridgehead atoms. The molecule has 0 spiro atoms. The monoisotopic (exact) mass is 441 g/mol. The van der Waals surface area contributed by atoms with Crippen LogP contribution < -0.4 is 10.6 Å². The van der Waals surface area contributed by atoms with Crippen molar-refractivity contribution in [3.8, 4) is 0 Å². The minimum absolute atomic E-state index is 0.102. The van der Waals surface area contributed by atoms with E-state index in [-0.39, 0.29) is 11.7 Å². The average molecular weight is 442 g/mol. The lowest BCUT2D eigenvalue weighted by atomic mass is 9.86. The Kier molecular flexibility index (Phi) is 13.9. The first-order valence-corrected chi connectivity index (χ1v) is 10.8. The molecule has 6 heteroatoms. The summed E-state index contributed by atoms with van der Waals surface area (Å²) in [6, 6.07) is 10.1. The molecule has 1 aromatic carbocycles. The van der Waals surface area contributed by atoms with E-state index >= 15 is 0 Å². The molecule has 1 unspecified atom stereocenters. The van der Waals surface area contributed by atoms with E-state index in [9.17, 15) is 9.59 Å². The molecule has 0 saturated carbocycles. The van der Waals surface area contributed by atoms with E-state index in [2.05, 4.69) is 22.8 Å². The minimum Gasteiger partial charge on any atom is -0.515 e. The summed E-state index contributed by atoms with van der Waals surface area (Å²) in [7, 11) is 3.38. The molecule has 0 aliphatic heterocycles. The van der Waals surface area contributed by atoms with Crippen LogP contribution in [0.5, 0.6) is 0 Å². The SMILES string of the molecule is CC.CC(/C=C\C(C)=C(/C)NC1=C(NCc2ccccc2)C(C)C1=O)=C\O.CN(C)C=O. The molecular formula is C26H39N3O3. The van der Waals surface area contributed by atoms with Crippen LogP contribution in [-0.4, -0.2) is 36.3 Å². The smallest absolute Gasteiger partial charge is 0.209 e. The molecule has 1 amide bonds. The van der Waals surface area contributed by atoms with Gasteiger partial charge in [-0.15, -0.1) is 0 Å². The topological polar surface area (TPSA) is 81.7 Å². The number of benzene rings is 1. The lowest BCUT2D eigenvalue weighted by molar-refractivity contribution is -0.120. The van der Waals surface area contributed by atoms with Crippen molar-refractivity contribution < 1.29 is 14.7 Å². The van der Waals surface area contributed by atoms with E-state index in [1.807, 2.05) is 71.9 Å². The van der Waals surface area contributed by atoms with Crippen molar-refractivity contribution in [2.75, 3.05) is 14.1 Å². The van der Waals surface area contributed by atoms with Gasteiger partial charge >= 0.3 is 0 Å². The fourth-order valence-electron chi connectivity index (χ4n) is 2.49. The minimum atomic E-state index is -0.102. The number of Topliss-reactive ketones (excluding diaryl/α,β-unsaturated/α-hetero) is 1. The molecule has 2 rings (SSSR count). The van der Waals surface area contributed by atoms with Crippen molar-refractivity contribution in [1.82, 2.24) is 15.5 Å². The quantitative estimate of drug-likeness (QED) is 0.306. The first kappa shape index (κ1) is 28.7. The fourth-order valence-corrected chi connectivity index (χ4v) is 2.49. The van der Waals surface area contributed by atoms with Crippen LogP contribution in [-0.2, 0) is 16.1 Å². The predicted octanol–water partition coefficient (Wildman–Crippen LogP) is 4.84. The van der Waals surface area contributed by atoms with Crippen LogP contribution in [0, 0.1) is 5.92 Å². The molecule has 0 aromatic heterocycles. The summed E-state index contributed by atoms with van der Waals surface area (Å²) < 4.78 is 0. The van der Waals surface area contributed by atoms with E-state index in [0.717, 1.165) is 35.2 Å². The Hall–Kier alpha value is -3.28. The maximum absolute atomic E-state index is 12.2. The molecular weight excluding hydrogens is 402 g/mol. The maximum Gasteiger partial charge on any atom is 0.209 e. The van der Waals surface area contributed by atoms with Crippen LogP contribution in [0.4, 0.5) is 0 Å². The largest absolute Gasteiger partial charge is 0.515 e. The number of allylic oxidation sites excluding steroid dienone is 7. The summed E-state index contributed by atoms with van der Waals surface area (Å²) in [6.45, 7) is 12.3. The molecule has 0 saturated heterocycles. The summed E-state index contributed by atoms with van der Waals surface area (Å²) in [6.07, 6.45) is 5.56. The zero-order chi connectivity index (χ0) is 24.7. The first-order chi connectivity index (χ1) is 15.2. The number of nitrogens with one attached hydrogen (secondary N) is 2. The highest BCUT2D eigenvalue weighted by Gasteiger charge is 2.35. The van der Waals surface area contributed by atoms with Crippen LogP contribution in [0.3, 0.4) is 0 Å². The van der Waals surface area contributed by atoms with Gasteiger partial charge in [0.05, 0.1) is 12.2 Å². The molecule has 6 nitrogen and oxygen atoms in total. The van der Waals surface area contributed by atoms with Gasteiger partial charge in [-0.05, 0) is 44.4 Å². The lowest BCUT2D eigenvalue weighted by Crippen LogP contribution is -2.42. The van der Waals surface area contributed by atoms with Gasteiger partial charge in [0.1, 0.15) is 5.70 Å². The third-order valence-corrected chi connectivity index (χ3v) is 4.58. The molecule has 0 radical (unpaired) electrons. The van der Waals surface area contributed by atoms with Crippen molar-refractivity contribution >= 4 is 12.2 Å². The van der Waals surface area contributed by atoms with Gasteiger partial charge < -0.3 is 20.6 Å². The molecule has 1 aromatic rings. The van der Waals surface area contributed by atoms with Gasteiger partial charge in [0.2, 0.25) is 6.41 Å². The fraction of sp³-hybridized carbons (Fsp3) is 0.385. The number of aliphatic hydroxyl groups is 1. The Morgan fingerprint density at radius 2 is 1.66 bits per heavy atom. The van der Waals surface area contributed by atoms with Gasteiger partial charge in [0.25, 0.3) is 0 Å². The second-order valence-corrected chi connectivity index (χ2v) is 7.42. The van der Waals surface area contributed by atoms with Crippen molar-refractivity contribution in [3.05, 3.63) is 82.5 Å². The van der Waals surface area contributed by atoms with Crippen molar-refractivity contribution in [3.63, 3.8) is 0 Å². The molecule has 0 heterocycles. The van der Waals surface area contributed by atoms with Crippen molar-refractivity contribution in [1.29, 1.82) is 0 Å². The second kappa shape index (κ2) is 15.5. The molecule has 176 valence electrons. The van der Waals surface area contributed by atoms with Gasteiger partial charge in [0.15, 0.2) is 5.78 Å². The number of ketones is 1. The third kappa shape index (κ3) is 9.69. The van der Waals surface area contributed by atoms with Crippen LogP contribution in [0.25, 0.3) is 0 Å². The number of hydrogen-bond acceptors (Lipinski definition) is 5. The molecule has 32 heavy (non-hydrogen) atoms. The third-order valence-electron chi connectivity index (χ3n) is 4.58. The predicted molar refractivity (Wildman–Crippen MR) is 133 cm³/mol. The van der Waals surface area contributed by atoms with Crippen LogP contribution in [0.1, 0.15) is 47.1 Å². The summed E-state index contributed by atoms with van der Waals surface area (Å²) in [5, 5.41) is 15.5. The molecule has 3 N–H and O–H groups in total. The number of aliphatic hydroxyl groups excluding tert-OH is 1. The van der Waals surface area contributed by atoms with E-state index < -0.39 is 0 Å². The normalized spacial score (nSPS) is 16.1. The molecule has 1 aliphatic rings. The zero-order valence-electron chi connectivity index (χ0n) is 20.7. The Balaban J connectivity index is 0.00000121. The van der Waals surface area contributed by atoms with Gasteiger partial charge in [-0.1, -0.05) is 56.3 Å². The number of nitrogens with zero attached hydrogens (tertiary/aromatic N) is 1. The van der Waals surface area contributed by atoms with Gasteiger partial charge in [0, 0.05) is 32.0 Å². The van der Waals surface area contributed by atoms with Crippen LogP contribution in [0.2, 0.25) is 0 Å². The summed E-state index contributed by atoms with van der Waals surface area (Å²) >= 11 is 0. The summed E-state index contributed by atoms with van der Waals surface area (Å²) in [5.74, 6) is 0.0209. The molecule has 1 aliphatic carbocycles. The van der Waals surface area contributed by atoms with E-state index in [1.165, 1.54) is 10.5 Å². The highest BCUT2D eigenvalue weighted by atomic mass is 16.2. The zero-order valence-corrected chi connectivity index (χ0v) is 20.7. The summed E-state index contributed by atoms with van der Waals surface area (Å²) in [4.78, 5) is 23.1. The van der Waals surface area contributed by atoms with Gasteiger partial charge in [-0.3, -0.25) is 9.59 Å². The maximum atomic E-state index is 12.2. The lowest BCUT2D eigenvalue weighted by Gasteiger charge is -2.31. The van der Waals surface area contributed by atoms with Gasteiger partial charge in [-0.2, -0.15) is 0 Å². The van der Waals surface area contributed by atoms with Gasteiger partial charge in [-0.25, -0.2) is 0 Å². The number of rotatable bonds is 8. The number of carbonyl (C=O) groups is 2. The van der Waals surface area contributed by atoms with Crippen molar-refractivity contribution in [2.24, 2.45) is 5.92 Å². The van der Waals surface area contributed by atoms with E-state index in [0.29, 0.717) is 12.2 Å². The highest BCUT2D eigenvalue weighted by molar-refractivity contribution is 6.06. The molecule has 1 atom stereocenters. The van der Waals surface area contributed by atoms with E-state index in [4.69, 9.17) is 5.11 Å². The number of hydrogen-bond donors (Lipinski definition) is 3. The van der Waals surface area contributed by atoms with Crippen LogP contribution in [0.15, 0.2) is 77.0 Å². The Morgan fingerprint density at radius 3 is 2.16 bits per heavy atom. The average Bonchev–Trinajstić information content (AvgIpc) is 2.83. The van der Waals surface area contributed by atoms with Crippen LogP contribution >= 0.6 is 0 Å². The Morgan fingerprint density at radius 1 is 1.09 bits per heavy atom. The standard InChI is InChI=1S/C21H26N2O2.C3H7NO.C2H6/c1-14(13-24)10-11-15(2)17(4)23-20-19(16(3)21(20)25)22-12-18-8-6-5-7-9-18;1-4(2)3-5;1-2/h5-11,13,16,22-24H,12H2,1-4H3;3H,1-2H3;1-2H3/b11-10-,14-13+,17-15+;;. The molecule has 0 fully saturated rings. The first-order valence-electron chi connectivity index (χ1n) is 10.8. The Labute approximate surface area is 193 Å². The second-order valence-electron chi connectivity index (χ2n) is 7.42. The Bertz CT molecular complexity index is 850. The van der Waals surface area contributed by atoms with E-state index in [1.54, 1.807) is 14.1 Å². The van der Waals surface area contributed by atoms with Crippen molar-refractivity contribution in [2.45, 2.75) is 48.1 Å².